The van der Waals surface area contributed by atoms with E-state index in [0.29, 0.717) is 34.3 Å². The van der Waals surface area contributed by atoms with Gasteiger partial charge in [-0.3, -0.25) is 4.90 Å². The smallest absolute Gasteiger partial charge is 0.322 e. The van der Waals surface area contributed by atoms with Gasteiger partial charge in [0.25, 0.3) is 5.89 Å². The Morgan fingerprint density at radius 3 is 2.65 bits per heavy atom. The van der Waals surface area contributed by atoms with Gasteiger partial charge in [0.15, 0.2) is 0 Å². The van der Waals surface area contributed by atoms with Crippen LogP contribution in [0.3, 0.4) is 0 Å². The highest BCUT2D eigenvalue weighted by atomic mass is 32.1. The molecule has 0 saturated carbocycles. The summed E-state index contributed by atoms with van der Waals surface area (Å²) in [6.07, 6.45) is 0. The molecule has 4 aromatic rings. The zero-order valence-corrected chi connectivity index (χ0v) is 19.3. The van der Waals surface area contributed by atoms with Crippen LogP contribution in [0, 0.1) is 5.82 Å². The van der Waals surface area contributed by atoms with E-state index in [0.717, 1.165) is 10.4 Å². The standard InChI is InChI=1S/C25H21FN4O3S/c1-15-21(24-28-23(29-33-24)20-8-5-13-34-20)22(16-9-11-18(32-2)12-10-16)27-25(31)30(15)14-17-6-3-4-7-19(17)26/h3-13,22H,14H2,1-2H3,(H,27,31). The van der Waals surface area contributed by atoms with Crippen LogP contribution in [0.5, 0.6) is 5.75 Å². The van der Waals surface area contributed by atoms with Crippen molar-refractivity contribution >= 4 is 22.9 Å². The maximum absolute atomic E-state index is 14.4. The summed E-state index contributed by atoms with van der Waals surface area (Å²) in [5.41, 5.74) is 2.49. The quantitative estimate of drug-likeness (QED) is 0.389. The van der Waals surface area contributed by atoms with Gasteiger partial charge in [-0.15, -0.1) is 11.3 Å². The summed E-state index contributed by atoms with van der Waals surface area (Å²) in [4.78, 5) is 20.1. The summed E-state index contributed by atoms with van der Waals surface area (Å²) >= 11 is 1.51. The molecular formula is C25H21FN4O3S. The number of thiophene rings is 1. The highest BCUT2D eigenvalue weighted by Gasteiger charge is 2.36. The number of hydrogen-bond donors (Lipinski definition) is 1. The number of carbonyl (C=O) groups excluding carboxylic acids is 1. The van der Waals surface area contributed by atoms with E-state index in [1.165, 1.54) is 22.3 Å². The van der Waals surface area contributed by atoms with Crippen LogP contribution in [0.4, 0.5) is 9.18 Å². The molecule has 1 aliphatic heterocycles. The Balaban J connectivity index is 1.60. The fourth-order valence-corrected chi connectivity index (χ4v) is 4.58. The number of benzene rings is 2. The first-order chi connectivity index (χ1) is 16.5. The number of aromatic nitrogens is 2. The molecule has 5 rings (SSSR count). The maximum atomic E-state index is 14.4. The molecule has 2 aromatic carbocycles. The molecule has 0 radical (unpaired) electrons. The molecule has 34 heavy (non-hydrogen) atoms. The van der Waals surface area contributed by atoms with Crippen LogP contribution < -0.4 is 10.1 Å². The van der Waals surface area contributed by atoms with Crippen LogP contribution in [-0.2, 0) is 6.54 Å². The molecule has 3 heterocycles. The summed E-state index contributed by atoms with van der Waals surface area (Å²) in [5, 5.41) is 9.11. The third-order valence-electron chi connectivity index (χ3n) is 5.73. The Morgan fingerprint density at radius 2 is 1.94 bits per heavy atom. The monoisotopic (exact) mass is 476 g/mol. The van der Waals surface area contributed by atoms with Gasteiger partial charge in [-0.2, -0.15) is 4.98 Å². The minimum Gasteiger partial charge on any atom is -0.497 e. The predicted octanol–water partition coefficient (Wildman–Crippen LogP) is 5.64. The van der Waals surface area contributed by atoms with E-state index in [4.69, 9.17) is 9.26 Å². The van der Waals surface area contributed by atoms with E-state index in [1.807, 2.05) is 41.8 Å². The van der Waals surface area contributed by atoms with Crippen LogP contribution in [0.1, 0.15) is 30.0 Å². The van der Waals surface area contributed by atoms with Gasteiger partial charge in [-0.05, 0) is 42.1 Å². The lowest BCUT2D eigenvalue weighted by molar-refractivity contribution is 0.202. The van der Waals surface area contributed by atoms with E-state index in [9.17, 15) is 9.18 Å². The number of allylic oxidation sites excluding steroid dienone is 1. The third-order valence-corrected chi connectivity index (χ3v) is 6.60. The number of rotatable bonds is 6. The molecule has 0 spiro atoms. The Labute approximate surface area is 199 Å². The number of amides is 2. The normalized spacial score (nSPS) is 16.0. The number of urea groups is 1. The molecule has 9 heteroatoms. The van der Waals surface area contributed by atoms with Crippen molar-refractivity contribution in [2.75, 3.05) is 7.11 Å². The van der Waals surface area contributed by atoms with Crippen molar-refractivity contribution in [3.63, 3.8) is 0 Å². The van der Waals surface area contributed by atoms with E-state index < -0.39 is 6.04 Å². The van der Waals surface area contributed by atoms with Crippen molar-refractivity contribution in [2.24, 2.45) is 0 Å². The lowest BCUT2D eigenvalue weighted by atomic mass is 9.94. The molecular weight excluding hydrogens is 455 g/mol. The van der Waals surface area contributed by atoms with E-state index in [1.54, 1.807) is 32.2 Å². The molecule has 1 N–H and O–H groups in total. The summed E-state index contributed by atoms with van der Waals surface area (Å²) in [6, 6.07) is 16.7. The number of nitrogens with one attached hydrogen (secondary N) is 1. The number of hydrogen-bond acceptors (Lipinski definition) is 6. The highest BCUT2D eigenvalue weighted by Crippen LogP contribution is 2.38. The van der Waals surface area contributed by atoms with Gasteiger partial charge < -0.3 is 14.6 Å². The van der Waals surface area contributed by atoms with E-state index >= 15 is 0 Å². The first-order valence-corrected chi connectivity index (χ1v) is 11.5. The molecule has 0 saturated heterocycles. The number of methoxy groups -OCH3 is 1. The van der Waals surface area contributed by atoms with E-state index in [2.05, 4.69) is 15.5 Å². The first-order valence-electron chi connectivity index (χ1n) is 10.6. The zero-order valence-electron chi connectivity index (χ0n) is 18.5. The van der Waals surface area contributed by atoms with Gasteiger partial charge in [0, 0.05) is 11.3 Å². The van der Waals surface area contributed by atoms with Crippen molar-refractivity contribution in [2.45, 2.75) is 19.5 Å². The molecule has 172 valence electrons. The van der Waals surface area contributed by atoms with Crippen molar-refractivity contribution in [1.82, 2.24) is 20.4 Å². The Hall–Kier alpha value is -3.98. The number of carbonyl (C=O) groups is 1. The second-order valence-electron chi connectivity index (χ2n) is 7.73. The second kappa shape index (κ2) is 9.11. The Bertz CT molecular complexity index is 1350. The molecule has 0 fully saturated rings. The van der Waals surface area contributed by atoms with Gasteiger partial charge in [0.2, 0.25) is 5.82 Å². The number of nitrogens with zero attached hydrogens (tertiary/aromatic N) is 3. The molecule has 1 atom stereocenters. The minimum absolute atomic E-state index is 0.0646. The van der Waals surface area contributed by atoms with Crippen LogP contribution in [0.2, 0.25) is 0 Å². The second-order valence-corrected chi connectivity index (χ2v) is 8.68. The lowest BCUT2D eigenvalue weighted by Gasteiger charge is -2.35. The summed E-state index contributed by atoms with van der Waals surface area (Å²) < 4.78 is 25.3. The molecule has 1 unspecified atom stereocenters. The van der Waals surface area contributed by atoms with E-state index in [-0.39, 0.29) is 18.4 Å². The topological polar surface area (TPSA) is 80.5 Å². The van der Waals surface area contributed by atoms with Crippen molar-refractivity contribution < 1.29 is 18.4 Å². The maximum Gasteiger partial charge on any atom is 0.322 e. The molecule has 0 aliphatic carbocycles. The number of halogens is 1. The third kappa shape index (κ3) is 4.06. The first kappa shape index (κ1) is 21.8. The van der Waals surface area contributed by atoms with Crippen LogP contribution in [0.25, 0.3) is 16.3 Å². The largest absolute Gasteiger partial charge is 0.497 e. The summed E-state index contributed by atoms with van der Waals surface area (Å²) in [6.45, 7) is 1.87. The van der Waals surface area contributed by atoms with Crippen molar-refractivity contribution in [3.05, 3.63) is 94.6 Å². The highest BCUT2D eigenvalue weighted by molar-refractivity contribution is 7.13. The lowest BCUT2D eigenvalue weighted by Crippen LogP contribution is -2.45. The van der Waals surface area contributed by atoms with Crippen LogP contribution in [0.15, 0.2) is 76.3 Å². The molecule has 2 amide bonds. The van der Waals surface area contributed by atoms with Gasteiger partial charge in [-0.25, -0.2) is 9.18 Å². The summed E-state index contributed by atoms with van der Waals surface area (Å²) in [7, 11) is 1.60. The van der Waals surface area contributed by atoms with Crippen LogP contribution >= 0.6 is 11.3 Å². The van der Waals surface area contributed by atoms with Gasteiger partial charge in [0.05, 0.1) is 30.1 Å². The summed E-state index contributed by atoms with van der Waals surface area (Å²) in [5.74, 6) is 1.09. The molecule has 2 aromatic heterocycles. The van der Waals surface area contributed by atoms with Crippen molar-refractivity contribution in [3.8, 4) is 16.5 Å². The zero-order chi connectivity index (χ0) is 23.7. The van der Waals surface area contributed by atoms with Crippen LogP contribution in [-0.4, -0.2) is 28.2 Å². The van der Waals surface area contributed by atoms with Gasteiger partial charge >= 0.3 is 6.03 Å². The fraction of sp³-hybridized carbons (Fsp3) is 0.160. The molecule has 1 aliphatic rings. The SMILES string of the molecule is COc1ccc(C2NC(=O)N(Cc3ccccc3F)C(C)=C2c2nc(-c3cccs3)no2)cc1. The minimum atomic E-state index is -0.535. The van der Waals surface area contributed by atoms with Gasteiger partial charge in [0.1, 0.15) is 11.6 Å². The Kier molecular flexibility index (Phi) is 5.85. The molecule has 0 bridgehead atoms. The fourth-order valence-electron chi connectivity index (χ4n) is 3.93. The predicted molar refractivity (Wildman–Crippen MR) is 126 cm³/mol. The average molecular weight is 477 g/mol. The number of ether oxygens (including phenoxy) is 1. The molecule has 7 nitrogen and oxygen atoms in total. The Morgan fingerprint density at radius 1 is 1.15 bits per heavy atom. The average Bonchev–Trinajstić information content (AvgIpc) is 3.55. The van der Waals surface area contributed by atoms with Gasteiger partial charge in [-0.1, -0.05) is 41.6 Å². The van der Waals surface area contributed by atoms with Crippen molar-refractivity contribution in [1.29, 1.82) is 0 Å².